The largest absolute Gasteiger partial charge is 0.324 e. The summed E-state index contributed by atoms with van der Waals surface area (Å²) in [7, 11) is 0. The average molecular weight is 408 g/mol. The van der Waals surface area contributed by atoms with Gasteiger partial charge in [-0.25, -0.2) is 0 Å². The number of hydrogen-bond donors (Lipinski definition) is 1. The maximum Gasteiger partial charge on any atom is 0.234 e. The van der Waals surface area contributed by atoms with Crippen molar-refractivity contribution in [2.45, 2.75) is 19.0 Å². The molecule has 0 saturated heterocycles. The van der Waals surface area contributed by atoms with Gasteiger partial charge in [-0.3, -0.25) is 4.79 Å². The number of nitrogens with zero attached hydrogens (tertiary/aromatic N) is 4. The van der Waals surface area contributed by atoms with Crippen molar-refractivity contribution in [3.05, 3.63) is 57.6 Å². The summed E-state index contributed by atoms with van der Waals surface area (Å²) in [6.45, 7) is 4.02. The van der Waals surface area contributed by atoms with E-state index in [4.69, 9.17) is 23.2 Å². The molecule has 0 spiro atoms. The molecule has 3 rings (SSSR count). The van der Waals surface area contributed by atoms with Gasteiger partial charge in [0.25, 0.3) is 0 Å². The lowest BCUT2D eigenvalue weighted by Crippen LogP contribution is -2.15. The Morgan fingerprint density at radius 3 is 2.77 bits per heavy atom. The summed E-state index contributed by atoms with van der Waals surface area (Å²) in [6.07, 6.45) is 0. The fourth-order valence-electron chi connectivity index (χ4n) is 2.37. The second-order valence-electron chi connectivity index (χ2n) is 5.62. The van der Waals surface area contributed by atoms with Gasteiger partial charge in [0.1, 0.15) is 0 Å². The highest BCUT2D eigenvalue weighted by Gasteiger charge is 2.14. The van der Waals surface area contributed by atoms with E-state index in [1.54, 1.807) is 22.9 Å². The molecule has 26 heavy (non-hydrogen) atoms. The number of thioether (sulfide) groups is 1. The molecular weight excluding hydrogens is 393 g/mol. The Labute approximate surface area is 164 Å². The zero-order valence-electron chi connectivity index (χ0n) is 14.0. The van der Waals surface area contributed by atoms with Crippen LogP contribution in [0.15, 0.2) is 41.6 Å². The molecule has 1 aromatic heterocycles. The summed E-state index contributed by atoms with van der Waals surface area (Å²) in [4.78, 5) is 12.2. The molecule has 0 atom stereocenters. The first kappa shape index (κ1) is 18.7. The third-order valence-corrected chi connectivity index (χ3v) is 5.04. The second kappa shape index (κ2) is 8.07. The molecule has 6 nitrogen and oxygen atoms in total. The van der Waals surface area contributed by atoms with Gasteiger partial charge in [0.05, 0.1) is 22.2 Å². The van der Waals surface area contributed by atoms with E-state index < -0.39 is 0 Å². The normalized spacial score (nSPS) is 10.8. The number of anilines is 1. The van der Waals surface area contributed by atoms with Gasteiger partial charge in [-0.2, -0.15) is 4.68 Å². The third kappa shape index (κ3) is 4.35. The predicted molar refractivity (Wildman–Crippen MR) is 104 cm³/mol. The Morgan fingerprint density at radius 2 is 2.00 bits per heavy atom. The molecule has 2 aromatic carbocycles. The monoisotopic (exact) mass is 407 g/mol. The first-order chi connectivity index (χ1) is 12.4. The van der Waals surface area contributed by atoms with Gasteiger partial charge in [-0.15, -0.1) is 5.10 Å². The summed E-state index contributed by atoms with van der Waals surface area (Å²) in [6, 6.07) is 10.9. The third-order valence-electron chi connectivity index (χ3n) is 3.56. The molecule has 9 heteroatoms. The van der Waals surface area contributed by atoms with Gasteiger partial charge in [-0.1, -0.05) is 52.7 Å². The highest BCUT2D eigenvalue weighted by molar-refractivity contribution is 7.99. The molecule has 0 aliphatic carbocycles. The molecule has 0 saturated carbocycles. The van der Waals surface area contributed by atoms with E-state index in [0.717, 1.165) is 16.8 Å². The lowest BCUT2D eigenvalue weighted by Gasteiger charge is -2.09. The summed E-state index contributed by atoms with van der Waals surface area (Å²) in [5.41, 5.74) is 3.56. The van der Waals surface area contributed by atoms with Crippen LogP contribution in [0.3, 0.4) is 0 Å². The number of nitrogens with one attached hydrogen (secondary N) is 1. The molecule has 1 amide bonds. The molecule has 3 aromatic rings. The van der Waals surface area contributed by atoms with Crippen LogP contribution < -0.4 is 5.32 Å². The number of aryl methyl sites for hydroxylation is 2. The van der Waals surface area contributed by atoms with E-state index in [0.29, 0.717) is 20.9 Å². The van der Waals surface area contributed by atoms with Crippen LogP contribution in [-0.2, 0) is 4.79 Å². The van der Waals surface area contributed by atoms with Crippen molar-refractivity contribution in [3.63, 3.8) is 0 Å². The van der Waals surface area contributed by atoms with Crippen molar-refractivity contribution in [1.29, 1.82) is 0 Å². The van der Waals surface area contributed by atoms with Crippen LogP contribution in [0.25, 0.3) is 5.69 Å². The van der Waals surface area contributed by atoms with E-state index in [9.17, 15) is 4.79 Å². The number of carbonyl (C=O) groups is 1. The van der Waals surface area contributed by atoms with Crippen LogP contribution >= 0.6 is 35.0 Å². The summed E-state index contributed by atoms with van der Waals surface area (Å²) >= 11 is 13.2. The lowest BCUT2D eigenvalue weighted by atomic mass is 10.1. The summed E-state index contributed by atoms with van der Waals surface area (Å²) < 4.78 is 1.62. The molecule has 1 N–H and O–H groups in total. The minimum atomic E-state index is -0.227. The number of rotatable bonds is 5. The SMILES string of the molecule is Cc1ccc(-n2nnnc2SCC(=O)Nc2cc(Cl)ccc2Cl)c(C)c1. The quantitative estimate of drug-likeness (QED) is 0.637. The average Bonchev–Trinajstić information content (AvgIpc) is 3.04. The van der Waals surface area contributed by atoms with E-state index in [1.165, 1.54) is 11.8 Å². The predicted octanol–water partition coefficient (Wildman–Crippen LogP) is 4.32. The Kier molecular flexibility index (Phi) is 5.80. The van der Waals surface area contributed by atoms with E-state index in [2.05, 4.69) is 26.9 Å². The number of tetrazole rings is 1. The maximum absolute atomic E-state index is 12.2. The Hall–Kier alpha value is -2.09. The first-order valence-electron chi connectivity index (χ1n) is 7.68. The first-order valence-corrected chi connectivity index (χ1v) is 9.42. The van der Waals surface area contributed by atoms with Crippen molar-refractivity contribution in [1.82, 2.24) is 20.2 Å². The molecule has 134 valence electrons. The van der Waals surface area contributed by atoms with Crippen LogP contribution in [0.2, 0.25) is 10.0 Å². The zero-order valence-corrected chi connectivity index (χ0v) is 16.4. The minimum absolute atomic E-state index is 0.133. The number of benzene rings is 2. The van der Waals surface area contributed by atoms with Crippen LogP contribution in [-0.4, -0.2) is 31.9 Å². The van der Waals surface area contributed by atoms with Crippen LogP contribution in [0.1, 0.15) is 11.1 Å². The standard InChI is InChI=1S/C17H15Cl2N5OS/c1-10-3-6-15(11(2)7-10)24-17(21-22-23-24)26-9-16(25)20-14-8-12(18)4-5-13(14)19/h3-8H,9H2,1-2H3,(H,20,25). The van der Waals surface area contributed by atoms with Crippen molar-refractivity contribution >= 4 is 46.6 Å². The molecule has 0 bridgehead atoms. The lowest BCUT2D eigenvalue weighted by molar-refractivity contribution is -0.113. The van der Waals surface area contributed by atoms with E-state index >= 15 is 0 Å². The second-order valence-corrected chi connectivity index (χ2v) is 7.41. The Balaban J connectivity index is 1.70. The molecule has 0 aliphatic rings. The molecule has 0 aliphatic heterocycles. The van der Waals surface area contributed by atoms with Crippen LogP contribution in [0, 0.1) is 13.8 Å². The maximum atomic E-state index is 12.2. The van der Waals surface area contributed by atoms with Crippen LogP contribution in [0.4, 0.5) is 5.69 Å². The Bertz CT molecular complexity index is 960. The topological polar surface area (TPSA) is 72.7 Å². The molecule has 0 fully saturated rings. The minimum Gasteiger partial charge on any atom is -0.324 e. The van der Waals surface area contributed by atoms with Crippen molar-refractivity contribution in [3.8, 4) is 5.69 Å². The summed E-state index contributed by atoms with van der Waals surface area (Å²) in [5.74, 6) is -0.0944. The number of halogens is 2. The number of aromatic nitrogens is 4. The van der Waals surface area contributed by atoms with E-state index in [-0.39, 0.29) is 11.7 Å². The molecule has 1 heterocycles. The number of amides is 1. The fourth-order valence-corrected chi connectivity index (χ4v) is 3.39. The van der Waals surface area contributed by atoms with E-state index in [1.807, 2.05) is 26.0 Å². The van der Waals surface area contributed by atoms with Gasteiger partial charge < -0.3 is 5.32 Å². The van der Waals surface area contributed by atoms with Gasteiger partial charge in [0.15, 0.2) is 0 Å². The van der Waals surface area contributed by atoms with Crippen molar-refractivity contribution < 1.29 is 4.79 Å². The Morgan fingerprint density at radius 1 is 1.19 bits per heavy atom. The highest BCUT2D eigenvalue weighted by atomic mass is 35.5. The molecule has 0 unspecified atom stereocenters. The van der Waals surface area contributed by atoms with Gasteiger partial charge >= 0.3 is 0 Å². The fraction of sp³-hybridized carbons (Fsp3) is 0.176. The van der Waals surface area contributed by atoms with Gasteiger partial charge in [-0.05, 0) is 54.1 Å². The van der Waals surface area contributed by atoms with Gasteiger partial charge in [0, 0.05) is 5.02 Å². The zero-order chi connectivity index (χ0) is 18.7. The molecule has 0 radical (unpaired) electrons. The van der Waals surface area contributed by atoms with Crippen molar-refractivity contribution in [2.24, 2.45) is 0 Å². The van der Waals surface area contributed by atoms with Gasteiger partial charge in [0.2, 0.25) is 11.1 Å². The van der Waals surface area contributed by atoms with Crippen molar-refractivity contribution in [2.75, 3.05) is 11.1 Å². The number of hydrogen-bond acceptors (Lipinski definition) is 5. The molecular formula is C17H15Cl2N5OS. The smallest absolute Gasteiger partial charge is 0.234 e. The van der Waals surface area contributed by atoms with Crippen LogP contribution in [0.5, 0.6) is 0 Å². The summed E-state index contributed by atoms with van der Waals surface area (Å²) in [5, 5.41) is 15.9. The highest BCUT2D eigenvalue weighted by Crippen LogP contribution is 2.26. The number of carbonyl (C=O) groups excluding carboxylic acids is 1.